The van der Waals surface area contributed by atoms with Gasteiger partial charge in [0, 0.05) is 5.02 Å². The van der Waals surface area contributed by atoms with Gasteiger partial charge in [-0.3, -0.25) is 4.79 Å². The Kier molecular flexibility index (Phi) is 3.34. The molecular formula is C12H13ClO3. The van der Waals surface area contributed by atoms with Crippen LogP contribution in [0.2, 0.25) is 5.02 Å². The first-order chi connectivity index (χ1) is 7.70. The summed E-state index contributed by atoms with van der Waals surface area (Å²) >= 11 is 5.85. The van der Waals surface area contributed by atoms with Gasteiger partial charge in [0.2, 0.25) is 0 Å². The van der Waals surface area contributed by atoms with Gasteiger partial charge >= 0.3 is 5.97 Å². The summed E-state index contributed by atoms with van der Waals surface area (Å²) in [6.45, 7) is 2.57. The predicted molar refractivity (Wildman–Crippen MR) is 60.8 cm³/mol. The van der Waals surface area contributed by atoms with Crippen molar-refractivity contribution in [2.75, 3.05) is 13.2 Å². The number of fused-ring (bicyclic) bond motifs is 1. The Morgan fingerprint density at radius 3 is 3.19 bits per heavy atom. The third-order valence-corrected chi connectivity index (χ3v) is 2.79. The minimum Gasteiger partial charge on any atom is -0.492 e. The Hall–Kier alpha value is -1.22. The molecule has 16 heavy (non-hydrogen) atoms. The topological polar surface area (TPSA) is 35.5 Å². The zero-order chi connectivity index (χ0) is 11.5. The average molecular weight is 241 g/mol. The SMILES string of the molecule is CCOC(=O)C1COc2cc(Cl)ccc2C1. The van der Waals surface area contributed by atoms with Gasteiger partial charge in [0.1, 0.15) is 12.4 Å². The summed E-state index contributed by atoms with van der Waals surface area (Å²) in [5, 5.41) is 0.647. The monoisotopic (exact) mass is 240 g/mol. The van der Waals surface area contributed by atoms with E-state index in [4.69, 9.17) is 21.1 Å². The molecule has 0 N–H and O–H groups in total. The van der Waals surface area contributed by atoms with Crippen LogP contribution in [0.3, 0.4) is 0 Å². The van der Waals surface area contributed by atoms with Gasteiger partial charge in [-0.25, -0.2) is 0 Å². The van der Waals surface area contributed by atoms with E-state index in [0.717, 1.165) is 11.3 Å². The van der Waals surface area contributed by atoms with Crippen LogP contribution in [-0.4, -0.2) is 19.2 Å². The van der Waals surface area contributed by atoms with Gasteiger partial charge in [0.25, 0.3) is 0 Å². The number of halogens is 1. The third-order valence-electron chi connectivity index (χ3n) is 2.56. The van der Waals surface area contributed by atoms with Crippen LogP contribution in [0, 0.1) is 5.92 Å². The maximum Gasteiger partial charge on any atom is 0.312 e. The van der Waals surface area contributed by atoms with Gasteiger partial charge in [-0.2, -0.15) is 0 Å². The molecule has 0 aromatic heterocycles. The first kappa shape index (κ1) is 11.3. The summed E-state index contributed by atoms with van der Waals surface area (Å²) in [6.07, 6.45) is 0.658. The van der Waals surface area contributed by atoms with Crippen LogP contribution >= 0.6 is 11.6 Å². The first-order valence-corrected chi connectivity index (χ1v) is 5.66. The lowest BCUT2D eigenvalue weighted by Gasteiger charge is -2.23. The van der Waals surface area contributed by atoms with Gasteiger partial charge < -0.3 is 9.47 Å². The molecule has 0 aliphatic carbocycles. The number of ether oxygens (including phenoxy) is 2. The fourth-order valence-corrected chi connectivity index (χ4v) is 1.92. The summed E-state index contributed by atoms with van der Waals surface area (Å²) in [5.41, 5.74) is 1.01. The second kappa shape index (κ2) is 4.74. The van der Waals surface area contributed by atoms with Crippen molar-refractivity contribution in [2.24, 2.45) is 5.92 Å². The lowest BCUT2D eigenvalue weighted by Crippen LogP contribution is -2.29. The highest BCUT2D eigenvalue weighted by Crippen LogP contribution is 2.30. The Morgan fingerprint density at radius 1 is 1.62 bits per heavy atom. The molecule has 0 bridgehead atoms. The van der Waals surface area contributed by atoms with E-state index in [1.807, 2.05) is 6.07 Å². The summed E-state index contributed by atoms with van der Waals surface area (Å²) < 4.78 is 10.5. The molecule has 4 heteroatoms. The summed E-state index contributed by atoms with van der Waals surface area (Å²) in [7, 11) is 0. The predicted octanol–water partition coefficient (Wildman–Crippen LogP) is 2.45. The van der Waals surface area contributed by atoms with Crippen molar-refractivity contribution in [3.8, 4) is 5.75 Å². The Morgan fingerprint density at radius 2 is 2.44 bits per heavy atom. The molecule has 86 valence electrons. The van der Waals surface area contributed by atoms with E-state index in [1.165, 1.54) is 0 Å². The highest BCUT2D eigenvalue weighted by Gasteiger charge is 2.26. The molecule has 1 aromatic rings. The molecule has 1 unspecified atom stereocenters. The second-order valence-electron chi connectivity index (χ2n) is 3.72. The van der Waals surface area contributed by atoms with Crippen LogP contribution in [-0.2, 0) is 16.0 Å². The van der Waals surface area contributed by atoms with Gasteiger partial charge in [0.05, 0.1) is 12.5 Å². The number of hydrogen-bond acceptors (Lipinski definition) is 3. The van der Waals surface area contributed by atoms with Gasteiger partial charge in [-0.15, -0.1) is 0 Å². The van der Waals surface area contributed by atoms with E-state index in [0.29, 0.717) is 24.7 Å². The van der Waals surface area contributed by atoms with Crippen molar-refractivity contribution in [3.05, 3.63) is 28.8 Å². The number of carbonyl (C=O) groups excluding carboxylic acids is 1. The Labute approximate surface area is 99.3 Å². The maximum atomic E-state index is 11.5. The second-order valence-corrected chi connectivity index (χ2v) is 4.15. The molecule has 1 aromatic carbocycles. The highest BCUT2D eigenvalue weighted by molar-refractivity contribution is 6.30. The lowest BCUT2D eigenvalue weighted by molar-refractivity contribution is -0.149. The van der Waals surface area contributed by atoms with E-state index in [2.05, 4.69) is 0 Å². The number of hydrogen-bond donors (Lipinski definition) is 0. The maximum absolute atomic E-state index is 11.5. The van der Waals surface area contributed by atoms with Crippen molar-refractivity contribution in [1.82, 2.24) is 0 Å². The highest BCUT2D eigenvalue weighted by atomic mass is 35.5. The van der Waals surface area contributed by atoms with Crippen LogP contribution in [0.25, 0.3) is 0 Å². The standard InChI is InChI=1S/C12H13ClO3/c1-2-15-12(14)9-5-8-3-4-10(13)6-11(8)16-7-9/h3-4,6,9H,2,5,7H2,1H3. The van der Waals surface area contributed by atoms with Crippen molar-refractivity contribution in [2.45, 2.75) is 13.3 Å². The molecule has 1 atom stereocenters. The van der Waals surface area contributed by atoms with E-state index < -0.39 is 0 Å². The van der Waals surface area contributed by atoms with Crippen LogP contribution in [0.15, 0.2) is 18.2 Å². The zero-order valence-electron chi connectivity index (χ0n) is 9.03. The lowest BCUT2D eigenvalue weighted by atomic mass is 9.97. The van der Waals surface area contributed by atoms with Crippen molar-refractivity contribution >= 4 is 17.6 Å². The molecular weight excluding hydrogens is 228 g/mol. The van der Waals surface area contributed by atoms with Crippen molar-refractivity contribution in [1.29, 1.82) is 0 Å². The zero-order valence-corrected chi connectivity index (χ0v) is 9.79. The van der Waals surface area contributed by atoms with Crippen LogP contribution < -0.4 is 4.74 Å². The van der Waals surface area contributed by atoms with E-state index in [-0.39, 0.29) is 11.9 Å². The summed E-state index contributed by atoms with van der Waals surface area (Å²) in [5.74, 6) is 0.379. The quantitative estimate of drug-likeness (QED) is 0.745. The molecule has 1 aliphatic heterocycles. The van der Waals surface area contributed by atoms with E-state index >= 15 is 0 Å². The minimum atomic E-state index is -0.200. The number of esters is 1. The third kappa shape index (κ3) is 2.30. The smallest absolute Gasteiger partial charge is 0.312 e. The largest absolute Gasteiger partial charge is 0.492 e. The molecule has 3 nitrogen and oxygen atoms in total. The Balaban J connectivity index is 2.12. The van der Waals surface area contributed by atoms with Gasteiger partial charge in [-0.05, 0) is 31.0 Å². The van der Waals surface area contributed by atoms with Crippen LogP contribution in [0.1, 0.15) is 12.5 Å². The summed E-state index contributed by atoms with van der Waals surface area (Å²) in [4.78, 5) is 11.5. The van der Waals surface area contributed by atoms with E-state index in [9.17, 15) is 4.79 Å². The molecule has 0 radical (unpaired) electrons. The average Bonchev–Trinajstić information content (AvgIpc) is 2.28. The fraction of sp³-hybridized carbons (Fsp3) is 0.417. The van der Waals surface area contributed by atoms with Crippen molar-refractivity contribution in [3.63, 3.8) is 0 Å². The van der Waals surface area contributed by atoms with Crippen LogP contribution in [0.5, 0.6) is 5.75 Å². The van der Waals surface area contributed by atoms with Gasteiger partial charge in [-0.1, -0.05) is 17.7 Å². The summed E-state index contributed by atoms with van der Waals surface area (Å²) in [6, 6.07) is 5.47. The molecule has 0 saturated heterocycles. The fourth-order valence-electron chi connectivity index (χ4n) is 1.76. The Bertz CT molecular complexity index is 403. The normalized spacial score (nSPS) is 18.5. The molecule has 2 rings (SSSR count). The van der Waals surface area contributed by atoms with Gasteiger partial charge in [0.15, 0.2) is 0 Å². The van der Waals surface area contributed by atoms with Crippen molar-refractivity contribution < 1.29 is 14.3 Å². The first-order valence-electron chi connectivity index (χ1n) is 5.28. The minimum absolute atomic E-state index is 0.192. The molecule has 0 spiro atoms. The molecule has 0 amide bonds. The molecule has 1 heterocycles. The molecule has 0 fully saturated rings. The molecule has 1 aliphatic rings. The van der Waals surface area contributed by atoms with Crippen LogP contribution in [0.4, 0.5) is 0 Å². The number of benzene rings is 1. The van der Waals surface area contributed by atoms with E-state index in [1.54, 1.807) is 19.1 Å². The molecule has 0 saturated carbocycles. The number of rotatable bonds is 2. The number of carbonyl (C=O) groups is 1.